The van der Waals surface area contributed by atoms with Crippen LogP contribution in [0.5, 0.6) is 0 Å². The van der Waals surface area contributed by atoms with Crippen LogP contribution in [0.1, 0.15) is 36.3 Å². The third-order valence-electron chi connectivity index (χ3n) is 6.27. The first-order chi connectivity index (χ1) is 16.2. The van der Waals surface area contributed by atoms with E-state index in [1.165, 1.54) is 0 Å². The quantitative estimate of drug-likeness (QED) is 0.659. The molecule has 1 saturated heterocycles. The van der Waals surface area contributed by atoms with Gasteiger partial charge in [-0.2, -0.15) is 13.2 Å². The zero-order chi connectivity index (χ0) is 24.5. The number of hydrogen-bond acceptors (Lipinski definition) is 4. The molecule has 2 amide bonds. The number of nitrogens with one attached hydrogen (secondary N) is 1. The number of likely N-dealkylation sites (tertiary alicyclic amines) is 1. The Labute approximate surface area is 193 Å². The van der Waals surface area contributed by atoms with Gasteiger partial charge in [0.05, 0.1) is 6.42 Å². The number of carboxylic acids is 1. The fourth-order valence-electron chi connectivity index (χ4n) is 4.64. The Morgan fingerprint density at radius 3 is 2.21 bits per heavy atom. The smallest absolute Gasteiger partial charge is 0.409 e. The Morgan fingerprint density at radius 2 is 1.65 bits per heavy atom. The zero-order valence-corrected chi connectivity index (χ0v) is 18.0. The molecule has 0 saturated carbocycles. The summed E-state index contributed by atoms with van der Waals surface area (Å²) in [6.45, 7) is -0.114. The molecule has 180 valence electrons. The molecule has 34 heavy (non-hydrogen) atoms. The summed E-state index contributed by atoms with van der Waals surface area (Å²) < 4.78 is 45.8. The van der Waals surface area contributed by atoms with Gasteiger partial charge in [0.1, 0.15) is 18.7 Å². The summed E-state index contributed by atoms with van der Waals surface area (Å²) in [4.78, 5) is 36.9. The Kier molecular flexibility index (Phi) is 6.49. The second kappa shape index (κ2) is 9.36. The van der Waals surface area contributed by atoms with E-state index >= 15 is 0 Å². The number of hydrogen-bond donors (Lipinski definition) is 2. The lowest BCUT2D eigenvalue weighted by molar-refractivity contribution is -0.165. The third kappa shape index (κ3) is 4.71. The van der Waals surface area contributed by atoms with Gasteiger partial charge in [0, 0.05) is 12.5 Å². The van der Waals surface area contributed by atoms with E-state index in [2.05, 4.69) is 0 Å². The molecule has 2 aromatic rings. The molecule has 2 N–H and O–H groups in total. The number of alkyl carbamates (subject to hydrolysis) is 1. The maximum atomic E-state index is 13.6. The van der Waals surface area contributed by atoms with Crippen molar-refractivity contribution in [2.75, 3.05) is 13.2 Å². The molecule has 1 aliphatic carbocycles. The minimum atomic E-state index is -4.92. The van der Waals surface area contributed by atoms with Crippen molar-refractivity contribution in [3.63, 3.8) is 0 Å². The summed E-state index contributed by atoms with van der Waals surface area (Å²) in [5, 5.41) is 10.9. The van der Waals surface area contributed by atoms with Gasteiger partial charge in [-0.15, -0.1) is 0 Å². The molecule has 2 aliphatic rings. The van der Waals surface area contributed by atoms with Crippen LogP contribution in [0.15, 0.2) is 48.5 Å². The summed E-state index contributed by atoms with van der Waals surface area (Å²) >= 11 is 0. The van der Waals surface area contributed by atoms with E-state index < -0.39 is 42.7 Å². The Balaban J connectivity index is 1.41. The van der Waals surface area contributed by atoms with E-state index in [9.17, 15) is 32.7 Å². The van der Waals surface area contributed by atoms with Gasteiger partial charge in [0.2, 0.25) is 5.91 Å². The van der Waals surface area contributed by atoms with Crippen molar-refractivity contribution in [1.82, 2.24) is 10.2 Å². The van der Waals surface area contributed by atoms with Gasteiger partial charge in [-0.3, -0.25) is 4.79 Å². The summed E-state index contributed by atoms with van der Waals surface area (Å²) in [7, 11) is 0. The largest absolute Gasteiger partial charge is 0.480 e. The molecule has 1 heterocycles. The molecule has 0 aromatic heterocycles. The molecule has 2 atom stereocenters. The number of halogens is 3. The number of ether oxygens (including phenoxy) is 1. The van der Waals surface area contributed by atoms with Crippen LogP contribution in [-0.4, -0.2) is 59.4 Å². The average Bonchev–Trinajstić information content (AvgIpc) is 3.40. The van der Waals surface area contributed by atoms with Crippen LogP contribution in [-0.2, 0) is 14.3 Å². The first kappa shape index (κ1) is 23.6. The molecule has 2 aromatic carbocycles. The van der Waals surface area contributed by atoms with Crippen LogP contribution < -0.4 is 5.32 Å². The van der Waals surface area contributed by atoms with E-state index in [-0.39, 0.29) is 25.5 Å². The minimum Gasteiger partial charge on any atom is -0.480 e. The van der Waals surface area contributed by atoms with E-state index in [0.717, 1.165) is 27.2 Å². The Bertz CT molecular complexity index is 1060. The van der Waals surface area contributed by atoms with Crippen LogP contribution in [0.25, 0.3) is 11.1 Å². The van der Waals surface area contributed by atoms with E-state index in [4.69, 9.17) is 4.74 Å². The fourth-order valence-corrected chi connectivity index (χ4v) is 4.64. The van der Waals surface area contributed by atoms with Crippen molar-refractivity contribution in [2.24, 2.45) is 0 Å². The molecule has 1 unspecified atom stereocenters. The van der Waals surface area contributed by atoms with Crippen molar-refractivity contribution in [3.05, 3.63) is 59.7 Å². The molecule has 7 nitrogen and oxygen atoms in total. The van der Waals surface area contributed by atoms with E-state index in [1.807, 2.05) is 48.5 Å². The van der Waals surface area contributed by atoms with Gasteiger partial charge in [0.15, 0.2) is 0 Å². The first-order valence-electron chi connectivity index (χ1n) is 10.9. The highest BCUT2D eigenvalue weighted by atomic mass is 19.4. The average molecular weight is 476 g/mol. The fraction of sp³-hybridized carbons (Fsp3) is 0.375. The summed E-state index contributed by atoms with van der Waals surface area (Å²) in [5.74, 6) is -2.57. The van der Waals surface area contributed by atoms with Gasteiger partial charge in [-0.05, 0) is 35.1 Å². The summed E-state index contributed by atoms with van der Waals surface area (Å²) in [6, 6.07) is 11.4. The monoisotopic (exact) mass is 476 g/mol. The van der Waals surface area contributed by atoms with Crippen LogP contribution in [0.3, 0.4) is 0 Å². The predicted molar refractivity (Wildman–Crippen MR) is 115 cm³/mol. The van der Waals surface area contributed by atoms with Gasteiger partial charge in [-0.1, -0.05) is 48.5 Å². The van der Waals surface area contributed by atoms with Crippen molar-refractivity contribution in [1.29, 1.82) is 0 Å². The standard InChI is InChI=1S/C24H23F3N2O5/c25-24(26,27)20(12-21(30)29-11-5-10-19(29)22(31)32)28-23(33)34-13-18-16-8-3-1-6-14(16)15-7-2-4-9-17(15)18/h1-4,6-9,18-20H,5,10-13H2,(H,28,33)(H,31,32)/t19-,20?/m0/s1. The zero-order valence-electron chi connectivity index (χ0n) is 18.0. The number of nitrogens with zero attached hydrogens (tertiary/aromatic N) is 1. The molecule has 1 fully saturated rings. The van der Waals surface area contributed by atoms with Gasteiger partial charge in [-0.25, -0.2) is 9.59 Å². The number of aliphatic carboxylic acids is 1. The Hall–Kier alpha value is -3.56. The highest BCUT2D eigenvalue weighted by molar-refractivity contribution is 5.85. The maximum Gasteiger partial charge on any atom is 0.409 e. The molecule has 1 aliphatic heterocycles. The number of carbonyl (C=O) groups is 3. The van der Waals surface area contributed by atoms with Gasteiger partial charge >= 0.3 is 18.2 Å². The number of fused-ring (bicyclic) bond motifs is 3. The SMILES string of the molecule is O=C(NC(CC(=O)N1CCC[C@H]1C(=O)O)C(F)(F)F)OCC1c2ccccc2-c2ccccc21. The summed E-state index contributed by atoms with van der Waals surface area (Å²) in [6.07, 6.45) is -6.75. The molecule has 0 spiro atoms. The van der Waals surface area contributed by atoms with Gasteiger partial charge < -0.3 is 20.1 Å². The third-order valence-corrected chi connectivity index (χ3v) is 6.27. The highest BCUT2D eigenvalue weighted by Crippen LogP contribution is 2.44. The normalized spacial score (nSPS) is 18.2. The Morgan fingerprint density at radius 1 is 1.06 bits per heavy atom. The molecule has 4 rings (SSSR count). The number of benzene rings is 2. The lowest BCUT2D eigenvalue weighted by atomic mass is 9.98. The number of carbonyl (C=O) groups excluding carboxylic acids is 2. The van der Waals surface area contributed by atoms with Crippen molar-refractivity contribution >= 4 is 18.0 Å². The predicted octanol–water partition coefficient (Wildman–Crippen LogP) is 3.92. The second-order valence-corrected chi connectivity index (χ2v) is 8.35. The van der Waals surface area contributed by atoms with Crippen LogP contribution in [0.4, 0.5) is 18.0 Å². The van der Waals surface area contributed by atoms with Crippen molar-refractivity contribution in [2.45, 2.75) is 43.4 Å². The van der Waals surface area contributed by atoms with E-state index in [1.54, 1.807) is 5.32 Å². The number of carboxylic acid groups (broad SMARTS) is 1. The van der Waals surface area contributed by atoms with Crippen molar-refractivity contribution in [3.8, 4) is 11.1 Å². The highest BCUT2D eigenvalue weighted by Gasteiger charge is 2.45. The molecule has 0 radical (unpaired) electrons. The first-order valence-corrected chi connectivity index (χ1v) is 10.9. The molecule has 10 heteroatoms. The number of alkyl halides is 3. The van der Waals surface area contributed by atoms with E-state index in [0.29, 0.717) is 6.42 Å². The van der Waals surface area contributed by atoms with Crippen molar-refractivity contribution < 1.29 is 37.4 Å². The maximum absolute atomic E-state index is 13.6. The van der Waals surface area contributed by atoms with Crippen LogP contribution in [0.2, 0.25) is 0 Å². The summed E-state index contributed by atoms with van der Waals surface area (Å²) in [5.41, 5.74) is 3.77. The molecular weight excluding hydrogens is 453 g/mol. The van der Waals surface area contributed by atoms with Crippen LogP contribution in [0, 0.1) is 0 Å². The second-order valence-electron chi connectivity index (χ2n) is 8.35. The van der Waals surface area contributed by atoms with Crippen LogP contribution >= 0.6 is 0 Å². The lowest BCUT2D eigenvalue weighted by Crippen LogP contribution is -2.50. The minimum absolute atomic E-state index is 0.0608. The lowest BCUT2D eigenvalue weighted by Gasteiger charge is -2.26. The number of rotatable bonds is 6. The number of amides is 2. The topological polar surface area (TPSA) is 95.9 Å². The van der Waals surface area contributed by atoms with Gasteiger partial charge in [0.25, 0.3) is 0 Å². The molecular formula is C24H23F3N2O5. The molecule has 0 bridgehead atoms.